The van der Waals surface area contributed by atoms with Crippen LogP contribution in [0.15, 0.2) is 42.7 Å². The van der Waals surface area contributed by atoms with Gasteiger partial charge >= 0.3 is 0 Å². The standard InChI is InChI=1S/C11H8N2O2/c14-11(15)10-9(12-6-7-13-10)8-4-2-1-3-5-8/h1-7H,(H,14,15)/p-1. The minimum Gasteiger partial charge on any atom is -0.543 e. The summed E-state index contributed by atoms with van der Waals surface area (Å²) in [4.78, 5) is 18.5. The van der Waals surface area contributed by atoms with Gasteiger partial charge in [0.1, 0.15) is 5.69 Å². The van der Waals surface area contributed by atoms with Crippen LogP contribution in [0.5, 0.6) is 0 Å². The Labute approximate surface area is 86.2 Å². The van der Waals surface area contributed by atoms with Crippen LogP contribution in [0.3, 0.4) is 0 Å². The Hall–Kier alpha value is -2.23. The van der Waals surface area contributed by atoms with Gasteiger partial charge in [-0.2, -0.15) is 0 Å². The monoisotopic (exact) mass is 199 g/mol. The molecule has 4 heteroatoms. The molecule has 74 valence electrons. The van der Waals surface area contributed by atoms with Crippen LogP contribution in [-0.2, 0) is 0 Å². The first-order valence-electron chi connectivity index (χ1n) is 4.37. The summed E-state index contributed by atoms with van der Waals surface area (Å²) in [6, 6.07) is 9.01. The second-order valence-corrected chi connectivity index (χ2v) is 2.91. The largest absolute Gasteiger partial charge is 0.543 e. The Balaban J connectivity index is 2.58. The Bertz CT molecular complexity index is 483. The van der Waals surface area contributed by atoms with Gasteiger partial charge in [-0.25, -0.2) is 0 Å². The average Bonchev–Trinajstić information content (AvgIpc) is 2.30. The van der Waals surface area contributed by atoms with E-state index in [1.165, 1.54) is 12.4 Å². The zero-order chi connectivity index (χ0) is 10.7. The summed E-state index contributed by atoms with van der Waals surface area (Å²) in [5.74, 6) is -1.32. The van der Waals surface area contributed by atoms with Gasteiger partial charge in [0, 0.05) is 18.0 Å². The molecule has 0 amide bonds. The molecule has 0 saturated heterocycles. The van der Waals surface area contributed by atoms with Crippen molar-refractivity contribution in [2.75, 3.05) is 0 Å². The Kier molecular flexibility index (Phi) is 2.41. The number of carbonyl (C=O) groups excluding carboxylic acids is 1. The van der Waals surface area contributed by atoms with Crippen LogP contribution in [0, 0.1) is 0 Å². The molecule has 0 fully saturated rings. The normalized spacial score (nSPS) is 9.87. The smallest absolute Gasteiger partial charge is 0.112 e. The average molecular weight is 199 g/mol. The van der Waals surface area contributed by atoms with Crippen LogP contribution < -0.4 is 5.11 Å². The SMILES string of the molecule is O=C([O-])c1nccnc1-c1ccccc1. The number of nitrogens with zero attached hydrogens (tertiary/aromatic N) is 2. The van der Waals surface area contributed by atoms with Gasteiger partial charge in [-0.15, -0.1) is 0 Å². The lowest BCUT2D eigenvalue weighted by Gasteiger charge is -2.07. The third kappa shape index (κ3) is 1.83. The van der Waals surface area contributed by atoms with Crippen molar-refractivity contribution < 1.29 is 9.90 Å². The van der Waals surface area contributed by atoms with Gasteiger partial charge in [-0.05, 0) is 0 Å². The first-order chi connectivity index (χ1) is 7.29. The number of aromatic nitrogens is 2. The van der Waals surface area contributed by atoms with Crippen molar-refractivity contribution in [2.24, 2.45) is 0 Å². The van der Waals surface area contributed by atoms with E-state index in [1.54, 1.807) is 12.1 Å². The van der Waals surface area contributed by atoms with Crippen molar-refractivity contribution in [1.29, 1.82) is 0 Å². The molecule has 0 radical (unpaired) electrons. The number of carboxylic acid groups (broad SMARTS) is 1. The van der Waals surface area contributed by atoms with Gasteiger partial charge < -0.3 is 9.90 Å². The van der Waals surface area contributed by atoms with Gasteiger partial charge in [0.25, 0.3) is 0 Å². The number of hydrogen-bond donors (Lipinski definition) is 0. The summed E-state index contributed by atoms with van der Waals surface area (Å²) >= 11 is 0. The molecule has 0 unspecified atom stereocenters. The fourth-order valence-corrected chi connectivity index (χ4v) is 1.29. The van der Waals surface area contributed by atoms with Crippen LogP contribution in [0.4, 0.5) is 0 Å². The topological polar surface area (TPSA) is 65.9 Å². The number of carboxylic acids is 1. The van der Waals surface area contributed by atoms with E-state index in [9.17, 15) is 9.90 Å². The maximum atomic E-state index is 10.8. The maximum absolute atomic E-state index is 10.8. The summed E-state index contributed by atoms with van der Waals surface area (Å²) in [6.45, 7) is 0. The lowest BCUT2D eigenvalue weighted by molar-refractivity contribution is -0.255. The highest BCUT2D eigenvalue weighted by Gasteiger charge is 2.07. The molecule has 15 heavy (non-hydrogen) atoms. The van der Waals surface area contributed by atoms with Gasteiger partial charge in [-0.3, -0.25) is 9.97 Å². The fourth-order valence-electron chi connectivity index (χ4n) is 1.29. The van der Waals surface area contributed by atoms with Crippen LogP contribution >= 0.6 is 0 Å². The highest BCUT2D eigenvalue weighted by Crippen LogP contribution is 2.18. The molecule has 0 bridgehead atoms. The van der Waals surface area contributed by atoms with E-state index in [1.807, 2.05) is 18.2 Å². The van der Waals surface area contributed by atoms with Gasteiger partial charge in [-0.1, -0.05) is 30.3 Å². The lowest BCUT2D eigenvalue weighted by Crippen LogP contribution is -2.24. The minimum absolute atomic E-state index is 0.135. The molecule has 0 aliphatic carbocycles. The molecule has 0 aliphatic rings. The van der Waals surface area contributed by atoms with Crippen LogP contribution in [-0.4, -0.2) is 15.9 Å². The van der Waals surface area contributed by atoms with E-state index >= 15 is 0 Å². The third-order valence-corrected chi connectivity index (χ3v) is 1.94. The lowest BCUT2D eigenvalue weighted by atomic mass is 10.1. The first-order valence-corrected chi connectivity index (χ1v) is 4.37. The van der Waals surface area contributed by atoms with E-state index in [0.29, 0.717) is 11.3 Å². The molecular formula is C11H7N2O2-. The predicted molar refractivity (Wildman–Crippen MR) is 51.8 cm³/mol. The second kappa shape index (κ2) is 3.88. The molecule has 0 spiro atoms. The molecule has 2 rings (SSSR count). The van der Waals surface area contributed by atoms with Gasteiger partial charge in [0.15, 0.2) is 0 Å². The zero-order valence-corrected chi connectivity index (χ0v) is 7.75. The van der Waals surface area contributed by atoms with Crippen LogP contribution in [0.25, 0.3) is 11.3 Å². The van der Waals surface area contributed by atoms with Crippen molar-refractivity contribution >= 4 is 5.97 Å². The molecular weight excluding hydrogens is 192 g/mol. The van der Waals surface area contributed by atoms with E-state index in [2.05, 4.69) is 9.97 Å². The molecule has 1 aromatic carbocycles. The molecule has 1 aromatic heterocycles. The zero-order valence-electron chi connectivity index (χ0n) is 7.75. The second-order valence-electron chi connectivity index (χ2n) is 2.91. The quantitative estimate of drug-likeness (QED) is 0.706. The number of aromatic carboxylic acids is 1. The minimum atomic E-state index is -1.32. The molecule has 0 N–H and O–H groups in total. The molecule has 0 saturated carbocycles. The van der Waals surface area contributed by atoms with Gasteiger partial charge in [0.05, 0.1) is 11.7 Å². The summed E-state index contributed by atoms with van der Waals surface area (Å²) in [5, 5.41) is 10.8. The number of benzene rings is 1. The van der Waals surface area contributed by atoms with Gasteiger partial charge in [0.2, 0.25) is 0 Å². The highest BCUT2D eigenvalue weighted by molar-refractivity contribution is 5.90. The summed E-state index contributed by atoms with van der Waals surface area (Å²) in [6.07, 6.45) is 2.78. The molecule has 4 nitrogen and oxygen atoms in total. The molecule has 0 aliphatic heterocycles. The van der Waals surface area contributed by atoms with Crippen molar-refractivity contribution in [3.05, 3.63) is 48.4 Å². The molecule has 0 atom stereocenters. The number of hydrogen-bond acceptors (Lipinski definition) is 4. The van der Waals surface area contributed by atoms with Crippen molar-refractivity contribution in [2.45, 2.75) is 0 Å². The van der Waals surface area contributed by atoms with Crippen LogP contribution in [0.2, 0.25) is 0 Å². The maximum Gasteiger partial charge on any atom is 0.112 e. The summed E-state index contributed by atoms with van der Waals surface area (Å²) < 4.78 is 0. The Morgan fingerprint density at radius 2 is 1.73 bits per heavy atom. The number of carbonyl (C=O) groups is 1. The van der Waals surface area contributed by atoms with Crippen molar-refractivity contribution in [3.8, 4) is 11.3 Å². The third-order valence-electron chi connectivity index (χ3n) is 1.94. The fraction of sp³-hybridized carbons (Fsp3) is 0. The van der Waals surface area contributed by atoms with E-state index in [0.717, 1.165) is 0 Å². The van der Waals surface area contributed by atoms with Crippen molar-refractivity contribution in [1.82, 2.24) is 9.97 Å². The van der Waals surface area contributed by atoms with E-state index in [4.69, 9.17) is 0 Å². The Morgan fingerprint density at radius 3 is 2.40 bits per heavy atom. The van der Waals surface area contributed by atoms with E-state index < -0.39 is 5.97 Å². The van der Waals surface area contributed by atoms with Crippen LogP contribution in [0.1, 0.15) is 10.5 Å². The molecule has 1 heterocycles. The van der Waals surface area contributed by atoms with E-state index in [-0.39, 0.29) is 5.69 Å². The summed E-state index contributed by atoms with van der Waals surface area (Å²) in [5.41, 5.74) is 0.909. The summed E-state index contributed by atoms with van der Waals surface area (Å²) in [7, 11) is 0. The van der Waals surface area contributed by atoms with Crippen molar-refractivity contribution in [3.63, 3.8) is 0 Å². The Morgan fingerprint density at radius 1 is 1.07 bits per heavy atom. The number of rotatable bonds is 2. The highest BCUT2D eigenvalue weighted by atomic mass is 16.4. The first kappa shape index (κ1) is 9.33. The molecule has 2 aromatic rings. The predicted octanol–water partition coefficient (Wildman–Crippen LogP) is 0.507.